The van der Waals surface area contributed by atoms with Gasteiger partial charge in [-0.05, 0) is 32.0 Å². The number of nitrogens with zero attached hydrogens (tertiary/aromatic N) is 1. The van der Waals surface area contributed by atoms with Gasteiger partial charge < -0.3 is 20.6 Å². The Bertz CT molecular complexity index is 522. The highest BCUT2D eigenvalue weighted by Gasteiger charge is 2.31. The number of halogens is 1. The van der Waals surface area contributed by atoms with E-state index in [9.17, 15) is 4.79 Å². The van der Waals surface area contributed by atoms with E-state index in [1.165, 1.54) is 0 Å². The SMILES string of the molecule is CCNC1C(=O)Nc2cc(N(CC)CCCO)c(Cl)cc21. The average Bonchev–Trinajstić information content (AvgIpc) is 2.76. The lowest BCUT2D eigenvalue weighted by Crippen LogP contribution is -2.27. The van der Waals surface area contributed by atoms with Crippen molar-refractivity contribution in [1.29, 1.82) is 0 Å². The summed E-state index contributed by atoms with van der Waals surface area (Å²) in [5.41, 5.74) is 2.60. The number of anilines is 2. The number of hydrogen-bond acceptors (Lipinski definition) is 4. The second kappa shape index (κ2) is 7.11. The Balaban J connectivity index is 2.31. The normalized spacial score (nSPS) is 16.8. The van der Waals surface area contributed by atoms with E-state index >= 15 is 0 Å². The van der Waals surface area contributed by atoms with Crippen molar-refractivity contribution in [1.82, 2.24) is 5.32 Å². The van der Waals surface area contributed by atoms with Crippen LogP contribution in [0.5, 0.6) is 0 Å². The maximum absolute atomic E-state index is 12.0. The number of carbonyl (C=O) groups is 1. The second-order valence-electron chi connectivity index (χ2n) is 5.03. The van der Waals surface area contributed by atoms with Crippen LogP contribution in [-0.2, 0) is 4.79 Å². The lowest BCUT2D eigenvalue weighted by molar-refractivity contribution is -0.117. The highest BCUT2D eigenvalue weighted by Crippen LogP contribution is 2.38. The molecule has 0 saturated carbocycles. The predicted octanol–water partition coefficient (Wildman–Crippen LogP) is 2.15. The van der Waals surface area contributed by atoms with Gasteiger partial charge in [0.05, 0.1) is 10.7 Å². The van der Waals surface area contributed by atoms with E-state index in [0.29, 0.717) is 18.0 Å². The summed E-state index contributed by atoms with van der Waals surface area (Å²) in [5, 5.41) is 15.7. The molecule has 116 valence electrons. The molecule has 2 rings (SSSR count). The smallest absolute Gasteiger partial charge is 0.246 e. The molecule has 0 fully saturated rings. The van der Waals surface area contributed by atoms with Gasteiger partial charge in [0.25, 0.3) is 0 Å². The van der Waals surface area contributed by atoms with Gasteiger partial charge in [-0.3, -0.25) is 4.79 Å². The number of nitrogens with one attached hydrogen (secondary N) is 2. The van der Waals surface area contributed by atoms with Crippen molar-refractivity contribution in [2.45, 2.75) is 26.3 Å². The van der Waals surface area contributed by atoms with Crippen LogP contribution in [0, 0.1) is 0 Å². The zero-order valence-electron chi connectivity index (χ0n) is 12.4. The van der Waals surface area contributed by atoms with Gasteiger partial charge in [-0.15, -0.1) is 0 Å². The van der Waals surface area contributed by atoms with Gasteiger partial charge in [-0.1, -0.05) is 18.5 Å². The molecule has 1 aliphatic heterocycles. The Labute approximate surface area is 130 Å². The van der Waals surface area contributed by atoms with Crippen LogP contribution in [0.25, 0.3) is 0 Å². The zero-order chi connectivity index (χ0) is 15.4. The molecule has 1 atom stereocenters. The van der Waals surface area contributed by atoms with E-state index in [-0.39, 0.29) is 18.6 Å². The number of fused-ring (bicyclic) bond motifs is 1. The molecule has 1 aromatic rings. The Morgan fingerprint density at radius 3 is 2.81 bits per heavy atom. The van der Waals surface area contributed by atoms with Crippen molar-refractivity contribution >= 4 is 28.9 Å². The molecule has 0 radical (unpaired) electrons. The maximum Gasteiger partial charge on any atom is 0.246 e. The number of carbonyl (C=O) groups excluding carboxylic acids is 1. The Hall–Kier alpha value is -1.30. The number of aliphatic hydroxyl groups excluding tert-OH is 1. The largest absolute Gasteiger partial charge is 0.396 e. The third-order valence-corrected chi connectivity index (χ3v) is 3.97. The fraction of sp³-hybridized carbons (Fsp3) is 0.533. The fourth-order valence-electron chi connectivity index (χ4n) is 2.63. The first-order chi connectivity index (χ1) is 10.1. The summed E-state index contributed by atoms with van der Waals surface area (Å²) in [6.07, 6.45) is 0.688. The molecule has 3 N–H and O–H groups in total. The first kappa shape index (κ1) is 16.1. The second-order valence-corrected chi connectivity index (χ2v) is 5.43. The molecular formula is C15H22ClN3O2. The predicted molar refractivity (Wildman–Crippen MR) is 86.1 cm³/mol. The summed E-state index contributed by atoms with van der Waals surface area (Å²) in [6, 6.07) is 3.45. The molecule has 1 aromatic carbocycles. The third kappa shape index (κ3) is 3.31. The summed E-state index contributed by atoms with van der Waals surface area (Å²) in [7, 11) is 0. The van der Waals surface area contributed by atoms with Crippen LogP contribution in [0.2, 0.25) is 5.02 Å². The minimum absolute atomic E-state index is 0.0431. The number of rotatable bonds is 7. The molecule has 1 heterocycles. The van der Waals surface area contributed by atoms with Crippen molar-refractivity contribution in [3.8, 4) is 0 Å². The number of likely N-dealkylation sites (N-methyl/N-ethyl adjacent to an activating group) is 1. The van der Waals surface area contributed by atoms with Crippen LogP contribution >= 0.6 is 11.6 Å². The molecule has 0 bridgehead atoms. The van der Waals surface area contributed by atoms with Crippen LogP contribution in [0.4, 0.5) is 11.4 Å². The van der Waals surface area contributed by atoms with Crippen molar-refractivity contribution < 1.29 is 9.90 Å². The molecule has 6 heteroatoms. The summed E-state index contributed by atoms with van der Waals surface area (Å²) in [5.74, 6) is -0.0431. The van der Waals surface area contributed by atoms with E-state index in [1.54, 1.807) is 0 Å². The van der Waals surface area contributed by atoms with Crippen molar-refractivity contribution in [3.05, 3.63) is 22.7 Å². The van der Waals surface area contributed by atoms with Crippen molar-refractivity contribution in [2.75, 3.05) is 36.5 Å². The standard InChI is InChI=1S/C15H22ClN3O2/c1-3-17-14-10-8-11(16)13(9-12(10)18-15(14)21)19(4-2)6-5-7-20/h8-9,14,17,20H,3-7H2,1-2H3,(H,18,21). The molecule has 0 saturated heterocycles. The van der Waals surface area contributed by atoms with Crippen LogP contribution in [-0.4, -0.2) is 37.3 Å². The fourth-order valence-corrected chi connectivity index (χ4v) is 2.92. The Morgan fingerprint density at radius 2 is 2.19 bits per heavy atom. The van der Waals surface area contributed by atoms with Gasteiger partial charge in [0, 0.05) is 30.9 Å². The van der Waals surface area contributed by atoms with Gasteiger partial charge in [0.1, 0.15) is 6.04 Å². The molecule has 0 aromatic heterocycles. The van der Waals surface area contributed by atoms with Gasteiger partial charge >= 0.3 is 0 Å². The van der Waals surface area contributed by atoms with Crippen LogP contribution in [0.15, 0.2) is 12.1 Å². The van der Waals surface area contributed by atoms with Crippen molar-refractivity contribution in [3.63, 3.8) is 0 Å². The molecule has 5 nitrogen and oxygen atoms in total. The molecule has 1 amide bonds. The molecule has 0 aliphatic carbocycles. The number of hydrogen-bond donors (Lipinski definition) is 3. The Morgan fingerprint density at radius 1 is 1.43 bits per heavy atom. The van der Waals surface area contributed by atoms with Gasteiger partial charge in [0.15, 0.2) is 0 Å². The minimum atomic E-state index is -0.330. The number of aliphatic hydroxyl groups is 1. The molecule has 0 spiro atoms. The van der Waals surface area contributed by atoms with E-state index in [2.05, 4.69) is 15.5 Å². The van der Waals surface area contributed by atoms with Crippen molar-refractivity contribution in [2.24, 2.45) is 0 Å². The quantitative estimate of drug-likeness (QED) is 0.722. The summed E-state index contributed by atoms with van der Waals surface area (Å²) < 4.78 is 0. The van der Waals surface area contributed by atoms with Gasteiger partial charge in [-0.25, -0.2) is 0 Å². The summed E-state index contributed by atoms with van der Waals surface area (Å²) in [6.45, 7) is 6.40. The monoisotopic (exact) mass is 311 g/mol. The number of benzene rings is 1. The minimum Gasteiger partial charge on any atom is -0.396 e. The highest BCUT2D eigenvalue weighted by molar-refractivity contribution is 6.33. The van der Waals surface area contributed by atoms with E-state index in [1.807, 2.05) is 26.0 Å². The molecule has 21 heavy (non-hydrogen) atoms. The van der Waals surface area contributed by atoms with E-state index < -0.39 is 0 Å². The summed E-state index contributed by atoms with van der Waals surface area (Å²) >= 11 is 6.40. The number of amides is 1. The highest BCUT2D eigenvalue weighted by atomic mass is 35.5. The molecule has 1 unspecified atom stereocenters. The van der Waals surface area contributed by atoms with E-state index in [0.717, 1.165) is 30.0 Å². The third-order valence-electron chi connectivity index (χ3n) is 3.67. The van der Waals surface area contributed by atoms with Gasteiger partial charge in [0.2, 0.25) is 5.91 Å². The molecule has 1 aliphatic rings. The van der Waals surface area contributed by atoms with Gasteiger partial charge in [-0.2, -0.15) is 0 Å². The summed E-state index contributed by atoms with van der Waals surface area (Å²) in [4.78, 5) is 14.1. The Kier molecular flexibility index (Phi) is 5.45. The first-order valence-corrected chi connectivity index (χ1v) is 7.73. The lowest BCUT2D eigenvalue weighted by Gasteiger charge is -2.24. The van der Waals surface area contributed by atoms with Crippen LogP contribution in [0.3, 0.4) is 0 Å². The lowest BCUT2D eigenvalue weighted by atomic mass is 10.1. The van der Waals surface area contributed by atoms with Crippen LogP contribution in [0.1, 0.15) is 31.9 Å². The van der Waals surface area contributed by atoms with Crippen LogP contribution < -0.4 is 15.5 Å². The molecular weight excluding hydrogens is 290 g/mol. The average molecular weight is 312 g/mol. The first-order valence-electron chi connectivity index (χ1n) is 7.35. The maximum atomic E-state index is 12.0. The van der Waals surface area contributed by atoms with E-state index in [4.69, 9.17) is 16.7 Å². The zero-order valence-corrected chi connectivity index (χ0v) is 13.2. The topological polar surface area (TPSA) is 64.6 Å².